The first-order valence-electron chi connectivity index (χ1n) is 6.50. The maximum atomic E-state index is 12.2. The van der Waals surface area contributed by atoms with Crippen molar-refractivity contribution in [1.29, 1.82) is 0 Å². The first kappa shape index (κ1) is 15.4. The van der Waals surface area contributed by atoms with Gasteiger partial charge >= 0.3 is 0 Å². The monoisotopic (exact) mass is 272 g/mol. The van der Waals surface area contributed by atoms with Crippen molar-refractivity contribution in [2.75, 3.05) is 19.8 Å². The van der Waals surface area contributed by atoms with E-state index in [0.29, 0.717) is 13.0 Å². The van der Waals surface area contributed by atoms with E-state index in [1.165, 1.54) is 0 Å². The Bertz CT molecular complexity index is 327. The van der Waals surface area contributed by atoms with E-state index in [4.69, 9.17) is 22.7 Å². The Labute approximate surface area is 115 Å². The average molecular weight is 272 g/mol. The molecule has 4 nitrogen and oxygen atoms in total. The molecule has 1 atom stereocenters. The highest BCUT2D eigenvalue weighted by atomic mass is 32.1. The van der Waals surface area contributed by atoms with Crippen LogP contribution in [0.15, 0.2) is 0 Å². The second kappa shape index (κ2) is 5.97. The Hall–Kier alpha value is -0.680. The smallest absolute Gasteiger partial charge is 0.232 e. The lowest BCUT2D eigenvalue weighted by Crippen LogP contribution is -2.49. The van der Waals surface area contributed by atoms with Crippen LogP contribution in [0, 0.1) is 10.8 Å². The molecule has 0 bridgehead atoms. The Morgan fingerprint density at radius 1 is 1.50 bits per heavy atom. The van der Waals surface area contributed by atoms with Crippen molar-refractivity contribution in [2.45, 2.75) is 40.0 Å². The van der Waals surface area contributed by atoms with E-state index in [2.05, 4.69) is 12.2 Å². The number of nitrogens with two attached hydrogens (primary N) is 1. The molecule has 1 aliphatic rings. The molecule has 1 aliphatic heterocycles. The van der Waals surface area contributed by atoms with Gasteiger partial charge in [-0.05, 0) is 31.6 Å². The van der Waals surface area contributed by atoms with Gasteiger partial charge in [-0.3, -0.25) is 4.79 Å². The molecule has 1 rings (SSSR count). The molecule has 1 unspecified atom stereocenters. The van der Waals surface area contributed by atoms with Crippen molar-refractivity contribution in [3.05, 3.63) is 0 Å². The highest BCUT2D eigenvalue weighted by Crippen LogP contribution is 2.29. The zero-order chi connectivity index (χ0) is 13.8. The minimum atomic E-state index is -0.739. The quantitative estimate of drug-likeness (QED) is 0.747. The molecule has 1 fully saturated rings. The lowest BCUT2D eigenvalue weighted by atomic mass is 9.81. The molecule has 0 aromatic heterocycles. The first-order chi connectivity index (χ1) is 8.34. The maximum Gasteiger partial charge on any atom is 0.232 e. The van der Waals surface area contributed by atoms with Crippen LogP contribution in [0.4, 0.5) is 0 Å². The van der Waals surface area contributed by atoms with Gasteiger partial charge in [-0.2, -0.15) is 0 Å². The van der Waals surface area contributed by atoms with Gasteiger partial charge in [-0.25, -0.2) is 0 Å². The number of hydrogen-bond donors (Lipinski definition) is 2. The van der Waals surface area contributed by atoms with Crippen molar-refractivity contribution in [3.8, 4) is 0 Å². The zero-order valence-electron chi connectivity index (χ0n) is 11.5. The number of hydrogen-bond acceptors (Lipinski definition) is 3. The second-order valence-corrected chi connectivity index (χ2v) is 6.10. The van der Waals surface area contributed by atoms with Crippen LogP contribution >= 0.6 is 12.2 Å². The van der Waals surface area contributed by atoms with E-state index in [1.807, 2.05) is 6.92 Å². The van der Waals surface area contributed by atoms with Gasteiger partial charge in [0.1, 0.15) is 0 Å². The summed E-state index contributed by atoms with van der Waals surface area (Å²) >= 11 is 5.00. The molecular formula is C13H24N2O2S. The summed E-state index contributed by atoms with van der Waals surface area (Å²) < 4.78 is 5.34. The third-order valence-electron chi connectivity index (χ3n) is 4.13. The van der Waals surface area contributed by atoms with Gasteiger partial charge in [-0.15, -0.1) is 0 Å². The molecule has 0 aliphatic carbocycles. The van der Waals surface area contributed by atoms with E-state index in [0.717, 1.165) is 26.1 Å². The van der Waals surface area contributed by atoms with E-state index in [1.54, 1.807) is 6.92 Å². The lowest BCUT2D eigenvalue weighted by Gasteiger charge is -2.35. The van der Waals surface area contributed by atoms with E-state index in [-0.39, 0.29) is 16.3 Å². The highest BCUT2D eigenvalue weighted by molar-refractivity contribution is 7.80. The van der Waals surface area contributed by atoms with Crippen molar-refractivity contribution in [1.82, 2.24) is 5.32 Å². The molecule has 0 aromatic rings. The molecule has 1 amide bonds. The predicted octanol–water partition coefficient (Wildman–Crippen LogP) is 1.62. The number of carbonyl (C=O) groups is 1. The van der Waals surface area contributed by atoms with Gasteiger partial charge in [0.15, 0.2) is 0 Å². The summed E-state index contributed by atoms with van der Waals surface area (Å²) in [7, 11) is 0. The van der Waals surface area contributed by atoms with Gasteiger partial charge in [0.05, 0.1) is 10.4 Å². The Kier molecular flexibility index (Phi) is 5.10. The summed E-state index contributed by atoms with van der Waals surface area (Å²) in [6, 6.07) is 0. The van der Waals surface area contributed by atoms with Gasteiger partial charge in [0.2, 0.25) is 5.91 Å². The number of carbonyl (C=O) groups excluding carboxylic acids is 1. The Balaban J connectivity index is 2.57. The van der Waals surface area contributed by atoms with Crippen LogP contribution in [-0.2, 0) is 9.53 Å². The van der Waals surface area contributed by atoms with Gasteiger partial charge in [0.25, 0.3) is 0 Å². The summed E-state index contributed by atoms with van der Waals surface area (Å²) in [5.41, 5.74) is 5.06. The van der Waals surface area contributed by atoms with E-state index in [9.17, 15) is 4.79 Å². The van der Waals surface area contributed by atoms with Gasteiger partial charge < -0.3 is 15.8 Å². The molecule has 1 saturated heterocycles. The van der Waals surface area contributed by atoms with Crippen molar-refractivity contribution >= 4 is 23.1 Å². The molecule has 5 heteroatoms. The summed E-state index contributed by atoms with van der Waals surface area (Å²) in [4.78, 5) is 12.5. The van der Waals surface area contributed by atoms with Crippen LogP contribution in [-0.4, -0.2) is 30.7 Å². The van der Waals surface area contributed by atoms with Crippen molar-refractivity contribution < 1.29 is 9.53 Å². The molecule has 104 valence electrons. The highest BCUT2D eigenvalue weighted by Gasteiger charge is 2.36. The van der Waals surface area contributed by atoms with Crippen LogP contribution in [0.25, 0.3) is 0 Å². The van der Waals surface area contributed by atoms with Gasteiger partial charge in [-0.1, -0.05) is 26.1 Å². The van der Waals surface area contributed by atoms with E-state index >= 15 is 0 Å². The number of nitrogens with one attached hydrogen (secondary N) is 1. The number of ether oxygens (including phenoxy) is 1. The summed E-state index contributed by atoms with van der Waals surface area (Å²) in [5, 5.41) is 3.00. The van der Waals surface area contributed by atoms with Crippen molar-refractivity contribution in [3.63, 3.8) is 0 Å². The Morgan fingerprint density at radius 3 is 2.50 bits per heavy atom. The molecule has 18 heavy (non-hydrogen) atoms. The molecular weight excluding hydrogens is 248 g/mol. The maximum absolute atomic E-state index is 12.2. The molecule has 0 spiro atoms. The average Bonchev–Trinajstić information content (AvgIpc) is 2.35. The summed E-state index contributed by atoms with van der Waals surface area (Å²) in [6.45, 7) is 8.11. The van der Waals surface area contributed by atoms with Crippen LogP contribution in [0.3, 0.4) is 0 Å². The largest absolute Gasteiger partial charge is 0.392 e. The summed E-state index contributed by atoms with van der Waals surface area (Å²) in [5.74, 6) is -0.0646. The van der Waals surface area contributed by atoms with Crippen LogP contribution < -0.4 is 11.1 Å². The first-order valence-corrected chi connectivity index (χ1v) is 6.91. The van der Waals surface area contributed by atoms with Crippen molar-refractivity contribution in [2.24, 2.45) is 16.6 Å². The molecule has 0 saturated carbocycles. The topological polar surface area (TPSA) is 64.3 Å². The minimum Gasteiger partial charge on any atom is -0.392 e. The second-order valence-electron chi connectivity index (χ2n) is 5.66. The standard InChI is InChI=1S/C13H24N2O2S/c1-4-13(3,10(14)18)11(16)15-9-12(2)5-7-17-8-6-12/h4-9H2,1-3H3,(H2,14,18)(H,15,16). The lowest BCUT2D eigenvalue weighted by molar-refractivity contribution is -0.127. The van der Waals surface area contributed by atoms with Crippen LogP contribution in [0.5, 0.6) is 0 Å². The zero-order valence-corrected chi connectivity index (χ0v) is 12.4. The van der Waals surface area contributed by atoms with Crippen LogP contribution in [0.1, 0.15) is 40.0 Å². The predicted molar refractivity (Wildman–Crippen MR) is 76.4 cm³/mol. The third kappa shape index (κ3) is 3.42. The molecule has 0 aromatic carbocycles. The van der Waals surface area contributed by atoms with Gasteiger partial charge in [0, 0.05) is 19.8 Å². The number of amides is 1. The van der Waals surface area contributed by atoms with Crippen LogP contribution in [0.2, 0.25) is 0 Å². The third-order valence-corrected chi connectivity index (χ3v) is 4.58. The molecule has 1 heterocycles. The summed E-state index contributed by atoms with van der Waals surface area (Å²) in [6.07, 6.45) is 2.57. The number of thiocarbonyl (C=S) groups is 1. The SMILES string of the molecule is CCC(C)(C(=O)NCC1(C)CCOCC1)C(N)=S. The molecule has 0 radical (unpaired) electrons. The normalized spacial score (nSPS) is 21.9. The number of rotatable bonds is 5. The van der Waals surface area contributed by atoms with E-state index < -0.39 is 5.41 Å². The fourth-order valence-corrected chi connectivity index (χ4v) is 2.21. The Morgan fingerprint density at radius 2 is 2.06 bits per heavy atom. The fraction of sp³-hybridized carbons (Fsp3) is 0.846. The minimum absolute atomic E-state index is 0.0646. The fourth-order valence-electron chi connectivity index (χ4n) is 1.98. The molecule has 3 N–H and O–H groups in total.